The first-order chi connectivity index (χ1) is 7.02. The molecule has 1 atom stereocenters. The second-order valence-corrected chi connectivity index (χ2v) is 3.75. The maximum Gasteiger partial charge on any atom is 0.141 e. The van der Waals surface area contributed by atoms with Crippen LogP contribution in [-0.2, 0) is 0 Å². The predicted octanol–water partition coefficient (Wildman–Crippen LogP) is 3.06. The average molecular weight is 251 g/mol. The highest BCUT2D eigenvalue weighted by Crippen LogP contribution is 2.42. The van der Waals surface area contributed by atoms with E-state index in [9.17, 15) is 5.11 Å². The van der Waals surface area contributed by atoms with E-state index in [1.165, 1.54) is 14.2 Å². The summed E-state index contributed by atoms with van der Waals surface area (Å²) in [4.78, 5) is 0. The first-order valence-electron chi connectivity index (χ1n) is 4.30. The highest BCUT2D eigenvalue weighted by atomic mass is 35.5. The monoisotopic (exact) mass is 250 g/mol. The topological polar surface area (TPSA) is 38.7 Å². The van der Waals surface area contributed by atoms with Crippen LogP contribution in [0.2, 0.25) is 10.0 Å². The molecule has 0 saturated heterocycles. The van der Waals surface area contributed by atoms with Crippen molar-refractivity contribution in [2.24, 2.45) is 0 Å². The Hall–Kier alpha value is -0.640. The Bertz CT molecular complexity index is 336. The maximum atomic E-state index is 9.55. The number of methoxy groups -OCH3 is 2. The van der Waals surface area contributed by atoms with Crippen molar-refractivity contribution in [2.45, 2.75) is 13.0 Å². The molecule has 0 aromatic heterocycles. The molecule has 1 rings (SSSR count). The fourth-order valence-corrected chi connectivity index (χ4v) is 2.09. The quantitative estimate of drug-likeness (QED) is 0.897. The Balaban J connectivity index is 3.46. The number of benzene rings is 1. The third-order valence-electron chi connectivity index (χ3n) is 2.03. The number of hydrogen-bond donors (Lipinski definition) is 1. The van der Waals surface area contributed by atoms with E-state index in [-0.39, 0.29) is 0 Å². The SMILES string of the molecule is COc1cc(OC)c(Cl)c(C(C)O)c1Cl. The van der Waals surface area contributed by atoms with Crippen LogP contribution in [0.1, 0.15) is 18.6 Å². The van der Waals surface area contributed by atoms with Gasteiger partial charge in [0, 0.05) is 11.6 Å². The summed E-state index contributed by atoms with van der Waals surface area (Å²) in [6.45, 7) is 1.58. The van der Waals surface area contributed by atoms with Crippen molar-refractivity contribution in [1.29, 1.82) is 0 Å². The molecule has 0 radical (unpaired) electrons. The number of halogens is 2. The second-order valence-electron chi connectivity index (χ2n) is 3.00. The lowest BCUT2D eigenvalue weighted by Crippen LogP contribution is -1.99. The maximum absolute atomic E-state index is 9.55. The smallest absolute Gasteiger partial charge is 0.141 e. The minimum absolute atomic E-state index is 0.304. The molecule has 15 heavy (non-hydrogen) atoms. The average Bonchev–Trinajstić information content (AvgIpc) is 2.18. The summed E-state index contributed by atoms with van der Waals surface area (Å²) in [5, 5.41) is 10.2. The van der Waals surface area contributed by atoms with Crippen LogP contribution in [0.15, 0.2) is 6.07 Å². The number of rotatable bonds is 3. The van der Waals surface area contributed by atoms with Gasteiger partial charge in [0.05, 0.1) is 30.4 Å². The molecule has 5 heteroatoms. The second kappa shape index (κ2) is 4.92. The number of aliphatic hydroxyl groups excluding tert-OH is 1. The van der Waals surface area contributed by atoms with Crippen molar-refractivity contribution in [1.82, 2.24) is 0 Å². The zero-order valence-corrected chi connectivity index (χ0v) is 10.2. The molecular formula is C10H12Cl2O3. The van der Waals surface area contributed by atoms with Crippen LogP contribution >= 0.6 is 23.2 Å². The lowest BCUT2D eigenvalue weighted by Gasteiger charge is -2.15. The molecule has 0 bridgehead atoms. The van der Waals surface area contributed by atoms with Crippen LogP contribution in [0.4, 0.5) is 0 Å². The van der Waals surface area contributed by atoms with Gasteiger partial charge in [-0.1, -0.05) is 23.2 Å². The van der Waals surface area contributed by atoms with Crippen LogP contribution in [0.3, 0.4) is 0 Å². The van der Waals surface area contributed by atoms with Gasteiger partial charge in [0.2, 0.25) is 0 Å². The van der Waals surface area contributed by atoms with E-state index >= 15 is 0 Å². The van der Waals surface area contributed by atoms with Crippen molar-refractivity contribution in [3.63, 3.8) is 0 Å². The molecule has 0 saturated carbocycles. The van der Waals surface area contributed by atoms with Gasteiger partial charge in [0.1, 0.15) is 11.5 Å². The highest BCUT2D eigenvalue weighted by Gasteiger charge is 2.19. The number of aliphatic hydroxyl groups is 1. The van der Waals surface area contributed by atoms with Crippen LogP contribution in [0, 0.1) is 0 Å². The lowest BCUT2D eigenvalue weighted by molar-refractivity contribution is 0.198. The van der Waals surface area contributed by atoms with Crippen molar-refractivity contribution in [3.8, 4) is 11.5 Å². The number of hydrogen-bond acceptors (Lipinski definition) is 3. The Morgan fingerprint density at radius 2 is 1.53 bits per heavy atom. The van der Waals surface area contributed by atoms with E-state index in [1.807, 2.05) is 0 Å². The van der Waals surface area contributed by atoms with Crippen molar-refractivity contribution < 1.29 is 14.6 Å². The standard InChI is InChI=1S/C10H12Cl2O3/c1-5(13)8-9(11)6(14-2)4-7(15-3)10(8)12/h4-5,13H,1-3H3. The molecule has 84 valence electrons. The summed E-state index contributed by atoms with van der Waals surface area (Å²) >= 11 is 12.0. The molecule has 0 aliphatic rings. The molecule has 0 fully saturated rings. The Kier molecular flexibility index (Phi) is 4.08. The minimum Gasteiger partial charge on any atom is -0.495 e. The molecule has 1 unspecified atom stereocenters. The van der Waals surface area contributed by atoms with Crippen LogP contribution in [0.25, 0.3) is 0 Å². The fourth-order valence-electron chi connectivity index (χ4n) is 1.27. The van der Waals surface area contributed by atoms with Gasteiger partial charge in [0.15, 0.2) is 0 Å². The molecule has 0 heterocycles. The van der Waals surface area contributed by atoms with Gasteiger partial charge in [0.25, 0.3) is 0 Å². The van der Waals surface area contributed by atoms with Gasteiger partial charge in [-0.2, -0.15) is 0 Å². The van der Waals surface area contributed by atoms with Gasteiger partial charge >= 0.3 is 0 Å². The van der Waals surface area contributed by atoms with E-state index in [0.29, 0.717) is 27.1 Å². The van der Waals surface area contributed by atoms with E-state index < -0.39 is 6.10 Å². The first-order valence-corrected chi connectivity index (χ1v) is 5.06. The van der Waals surface area contributed by atoms with Gasteiger partial charge < -0.3 is 14.6 Å². The Labute approximate surface area is 98.5 Å². The third-order valence-corrected chi connectivity index (χ3v) is 2.81. The van der Waals surface area contributed by atoms with Gasteiger partial charge in [-0.3, -0.25) is 0 Å². The van der Waals surface area contributed by atoms with E-state index in [4.69, 9.17) is 32.7 Å². The molecule has 1 aromatic rings. The van der Waals surface area contributed by atoms with Crippen molar-refractivity contribution in [3.05, 3.63) is 21.7 Å². The first kappa shape index (κ1) is 12.4. The molecule has 1 aromatic carbocycles. The molecule has 0 amide bonds. The zero-order valence-electron chi connectivity index (χ0n) is 8.67. The normalized spacial score (nSPS) is 12.4. The summed E-state index contributed by atoms with van der Waals surface area (Å²) in [5.74, 6) is 0.850. The largest absolute Gasteiger partial charge is 0.495 e. The minimum atomic E-state index is -0.783. The van der Waals surface area contributed by atoms with Crippen LogP contribution < -0.4 is 9.47 Å². The summed E-state index contributed by atoms with van der Waals surface area (Å²) in [7, 11) is 2.97. The third kappa shape index (κ3) is 2.30. The molecule has 0 aliphatic heterocycles. The summed E-state index contributed by atoms with van der Waals surface area (Å²) in [6, 6.07) is 1.58. The summed E-state index contributed by atoms with van der Waals surface area (Å²) in [6.07, 6.45) is -0.783. The molecule has 0 aliphatic carbocycles. The Morgan fingerprint density at radius 1 is 1.13 bits per heavy atom. The summed E-state index contributed by atoms with van der Waals surface area (Å²) < 4.78 is 10.1. The van der Waals surface area contributed by atoms with Crippen molar-refractivity contribution >= 4 is 23.2 Å². The van der Waals surface area contributed by atoms with Gasteiger partial charge in [-0.15, -0.1) is 0 Å². The lowest BCUT2D eigenvalue weighted by atomic mass is 10.1. The van der Waals surface area contributed by atoms with E-state index in [1.54, 1.807) is 13.0 Å². The molecular weight excluding hydrogens is 239 g/mol. The van der Waals surface area contributed by atoms with Crippen molar-refractivity contribution in [2.75, 3.05) is 14.2 Å². The van der Waals surface area contributed by atoms with Crippen LogP contribution in [0.5, 0.6) is 11.5 Å². The molecule has 0 spiro atoms. The zero-order chi connectivity index (χ0) is 11.6. The summed E-state index contributed by atoms with van der Waals surface area (Å²) in [5.41, 5.74) is 0.412. The molecule has 1 N–H and O–H groups in total. The molecule has 3 nitrogen and oxygen atoms in total. The van der Waals surface area contributed by atoms with Gasteiger partial charge in [-0.05, 0) is 6.92 Å². The Morgan fingerprint density at radius 3 is 1.80 bits per heavy atom. The van der Waals surface area contributed by atoms with Gasteiger partial charge in [-0.25, -0.2) is 0 Å². The predicted molar refractivity (Wildman–Crippen MR) is 60.2 cm³/mol. The fraction of sp³-hybridized carbons (Fsp3) is 0.400. The van der Waals surface area contributed by atoms with E-state index in [0.717, 1.165) is 0 Å². The van der Waals surface area contributed by atoms with Crippen LogP contribution in [-0.4, -0.2) is 19.3 Å². The number of ether oxygens (including phenoxy) is 2. The van der Waals surface area contributed by atoms with E-state index in [2.05, 4.69) is 0 Å². The highest BCUT2D eigenvalue weighted by molar-refractivity contribution is 6.38.